The van der Waals surface area contributed by atoms with Crippen LogP contribution in [-0.4, -0.2) is 6.61 Å². The third kappa shape index (κ3) is 3.00. The van der Waals surface area contributed by atoms with Crippen molar-refractivity contribution in [3.63, 3.8) is 0 Å². The van der Waals surface area contributed by atoms with Crippen LogP contribution in [0.15, 0.2) is 28.7 Å². The van der Waals surface area contributed by atoms with Gasteiger partial charge < -0.3 is 9.15 Å². The van der Waals surface area contributed by atoms with E-state index in [-0.39, 0.29) is 36.2 Å². The lowest BCUT2D eigenvalue weighted by Crippen LogP contribution is -1.98. The van der Waals surface area contributed by atoms with Gasteiger partial charge in [0.05, 0.1) is 17.4 Å². The number of hydrogen-bond acceptors (Lipinski definition) is 2. The highest BCUT2D eigenvalue weighted by Gasteiger charge is 2.25. The van der Waals surface area contributed by atoms with Gasteiger partial charge in [-0.3, -0.25) is 0 Å². The predicted molar refractivity (Wildman–Crippen MR) is 83.3 cm³/mol. The molecule has 0 bridgehead atoms. The van der Waals surface area contributed by atoms with Gasteiger partial charge in [-0.25, -0.2) is 13.2 Å². The molecule has 0 unspecified atom stereocenters. The van der Waals surface area contributed by atoms with Gasteiger partial charge >= 0.3 is 0 Å². The molecule has 138 valence electrons. The molecule has 0 amide bonds. The fourth-order valence-electron chi connectivity index (χ4n) is 2.76. The van der Waals surface area contributed by atoms with Crippen LogP contribution in [0.4, 0.5) is 26.3 Å². The molecule has 0 fully saturated rings. The Labute approximate surface area is 143 Å². The van der Waals surface area contributed by atoms with Crippen LogP contribution in [0.3, 0.4) is 0 Å². The van der Waals surface area contributed by atoms with Gasteiger partial charge in [0.1, 0.15) is 11.2 Å². The van der Waals surface area contributed by atoms with Crippen molar-refractivity contribution in [2.45, 2.75) is 19.8 Å². The molecule has 3 rings (SSSR count). The lowest BCUT2D eigenvalue weighted by molar-refractivity contribution is 0.315. The first-order valence-electron chi connectivity index (χ1n) is 7.70. The Balaban J connectivity index is 2.22. The quantitative estimate of drug-likeness (QED) is 0.492. The molecule has 2 aromatic carbocycles. The van der Waals surface area contributed by atoms with Crippen molar-refractivity contribution in [1.29, 1.82) is 0 Å². The highest BCUT2D eigenvalue weighted by Crippen LogP contribution is 2.38. The number of allylic oxidation sites excluding steroid dienone is 1. The molecule has 2 nitrogen and oxygen atoms in total. The zero-order valence-corrected chi connectivity index (χ0v) is 13.4. The molecule has 0 saturated heterocycles. The molecule has 0 atom stereocenters. The topological polar surface area (TPSA) is 22.4 Å². The molecule has 0 N–H and O–H groups in total. The second-order valence-electron chi connectivity index (χ2n) is 5.48. The van der Waals surface area contributed by atoms with Gasteiger partial charge in [0.2, 0.25) is 5.82 Å². The van der Waals surface area contributed by atoms with E-state index in [0.29, 0.717) is 6.08 Å². The van der Waals surface area contributed by atoms with Crippen molar-refractivity contribution < 1.29 is 35.5 Å². The normalized spacial score (nSPS) is 11.3. The highest BCUT2D eigenvalue weighted by molar-refractivity contribution is 6.06. The molecule has 1 heterocycles. The van der Waals surface area contributed by atoms with Gasteiger partial charge in [0.15, 0.2) is 23.2 Å². The zero-order valence-electron chi connectivity index (χ0n) is 13.4. The fourth-order valence-corrected chi connectivity index (χ4v) is 2.76. The summed E-state index contributed by atoms with van der Waals surface area (Å²) in [7, 11) is 0. The number of furan rings is 1. The number of aryl methyl sites for hydroxylation is 1. The maximum absolute atomic E-state index is 14.4. The smallest absolute Gasteiger partial charge is 0.266 e. The third-order valence-electron chi connectivity index (χ3n) is 3.87. The van der Waals surface area contributed by atoms with Crippen molar-refractivity contribution in [3.05, 3.63) is 53.1 Å². The van der Waals surface area contributed by atoms with Crippen LogP contribution in [0.5, 0.6) is 5.75 Å². The van der Waals surface area contributed by atoms with Gasteiger partial charge in [-0.05, 0) is 37.5 Å². The van der Waals surface area contributed by atoms with Crippen LogP contribution in [0.25, 0.3) is 21.9 Å². The van der Waals surface area contributed by atoms with Gasteiger partial charge in [-0.1, -0.05) is 0 Å². The molecule has 8 heteroatoms. The summed E-state index contributed by atoms with van der Waals surface area (Å²) in [6.45, 7) is 1.63. The number of ether oxygens (including phenoxy) is 1. The van der Waals surface area contributed by atoms with E-state index in [1.807, 2.05) is 0 Å². The first-order chi connectivity index (χ1) is 12.3. The number of rotatable bonds is 5. The monoisotopic (exact) mass is 374 g/mol. The Hall–Kier alpha value is -2.64. The van der Waals surface area contributed by atoms with E-state index >= 15 is 0 Å². The van der Waals surface area contributed by atoms with E-state index in [9.17, 15) is 26.3 Å². The number of benzene rings is 2. The molecular formula is C18H12F6O2. The van der Waals surface area contributed by atoms with Crippen molar-refractivity contribution in [2.24, 2.45) is 0 Å². The van der Waals surface area contributed by atoms with Crippen LogP contribution in [-0.2, 0) is 6.42 Å². The summed E-state index contributed by atoms with van der Waals surface area (Å²) in [6, 6.07) is 2.14. The van der Waals surface area contributed by atoms with E-state index in [0.717, 1.165) is 12.1 Å². The maximum Gasteiger partial charge on any atom is 0.266 e. The molecule has 26 heavy (non-hydrogen) atoms. The van der Waals surface area contributed by atoms with Crippen molar-refractivity contribution in [1.82, 2.24) is 0 Å². The molecule has 1 aromatic heterocycles. The SMILES string of the molecule is CCOc1cc2oc3cc(CCC=C(F)F)c(F)c(F)c3c2c(F)c1F. The minimum Gasteiger partial charge on any atom is -0.491 e. The van der Waals surface area contributed by atoms with Crippen LogP contribution in [0.1, 0.15) is 18.9 Å². The average molecular weight is 374 g/mol. The first kappa shape index (κ1) is 18.2. The molecule has 0 spiro atoms. The zero-order chi connectivity index (χ0) is 19.0. The molecule has 0 radical (unpaired) electrons. The summed E-state index contributed by atoms with van der Waals surface area (Å²) < 4.78 is 91.5. The van der Waals surface area contributed by atoms with E-state index in [1.165, 1.54) is 0 Å². The Kier molecular flexibility index (Phi) is 4.84. The molecule has 0 saturated carbocycles. The lowest BCUT2D eigenvalue weighted by atomic mass is 10.0. The molecule has 3 aromatic rings. The van der Waals surface area contributed by atoms with Gasteiger partial charge in [-0.2, -0.15) is 13.2 Å². The van der Waals surface area contributed by atoms with E-state index in [4.69, 9.17) is 9.15 Å². The van der Waals surface area contributed by atoms with Crippen LogP contribution in [0.2, 0.25) is 0 Å². The third-order valence-corrected chi connectivity index (χ3v) is 3.87. The Morgan fingerprint density at radius 3 is 2.19 bits per heavy atom. The minimum atomic E-state index is -1.93. The van der Waals surface area contributed by atoms with Crippen LogP contribution >= 0.6 is 0 Å². The summed E-state index contributed by atoms with van der Waals surface area (Å²) in [5, 5.41) is -1.09. The summed E-state index contributed by atoms with van der Waals surface area (Å²) in [5.41, 5.74) is -0.643. The fraction of sp³-hybridized carbons (Fsp3) is 0.222. The van der Waals surface area contributed by atoms with E-state index < -0.39 is 45.9 Å². The van der Waals surface area contributed by atoms with Crippen molar-refractivity contribution in [3.8, 4) is 5.75 Å². The molecule has 0 aliphatic heterocycles. The summed E-state index contributed by atoms with van der Waals surface area (Å²) in [5.74, 6) is -5.92. The first-order valence-corrected chi connectivity index (χ1v) is 7.70. The predicted octanol–water partition coefficient (Wildman–Crippen LogP) is 6.25. The average Bonchev–Trinajstić information content (AvgIpc) is 2.95. The lowest BCUT2D eigenvalue weighted by Gasteiger charge is -2.06. The Morgan fingerprint density at radius 1 is 0.962 bits per heavy atom. The number of halogens is 6. The standard InChI is InChI=1S/C18H12F6O2/c1-2-25-11-7-10-14(18(24)16(11)22)13-9(26-10)6-8(15(21)17(13)23)4-3-5-12(19)20/h5-7H,2-4H2,1H3. The minimum absolute atomic E-state index is 0.0634. The van der Waals surface area contributed by atoms with Gasteiger partial charge in [0, 0.05) is 6.07 Å². The van der Waals surface area contributed by atoms with E-state index in [2.05, 4.69) is 0 Å². The molecular weight excluding hydrogens is 362 g/mol. The van der Waals surface area contributed by atoms with Gasteiger partial charge in [-0.15, -0.1) is 0 Å². The summed E-state index contributed by atoms with van der Waals surface area (Å²) >= 11 is 0. The van der Waals surface area contributed by atoms with Crippen LogP contribution < -0.4 is 4.74 Å². The highest BCUT2D eigenvalue weighted by atomic mass is 19.3. The number of hydrogen-bond donors (Lipinski definition) is 0. The summed E-state index contributed by atoms with van der Waals surface area (Å²) in [6.07, 6.45) is -1.80. The number of fused-ring (bicyclic) bond motifs is 3. The maximum atomic E-state index is 14.4. The molecule has 0 aliphatic rings. The second-order valence-corrected chi connectivity index (χ2v) is 5.48. The Bertz CT molecular complexity index is 1020. The van der Waals surface area contributed by atoms with Crippen LogP contribution in [0, 0.1) is 23.3 Å². The second kappa shape index (κ2) is 6.93. The largest absolute Gasteiger partial charge is 0.491 e. The summed E-state index contributed by atoms with van der Waals surface area (Å²) in [4.78, 5) is 0. The molecule has 0 aliphatic carbocycles. The van der Waals surface area contributed by atoms with Gasteiger partial charge in [0.25, 0.3) is 6.08 Å². The van der Waals surface area contributed by atoms with Crippen molar-refractivity contribution >= 4 is 21.9 Å². The Morgan fingerprint density at radius 2 is 1.58 bits per heavy atom. The van der Waals surface area contributed by atoms with Crippen molar-refractivity contribution in [2.75, 3.05) is 6.61 Å². The van der Waals surface area contributed by atoms with E-state index in [1.54, 1.807) is 6.92 Å².